The summed E-state index contributed by atoms with van der Waals surface area (Å²) in [7, 11) is 0. The molecule has 1 heterocycles. The Bertz CT molecular complexity index is 166. The maximum absolute atomic E-state index is 9.36. The highest BCUT2D eigenvalue weighted by atomic mass is 16.5. The average molecular weight is 140 g/mol. The third-order valence-electron chi connectivity index (χ3n) is 1.72. The van der Waals surface area contributed by atoms with E-state index >= 15 is 0 Å². The second-order valence-electron chi connectivity index (χ2n) is 2.62. The van der Waals surface area contributed by atoms with Gasteiger partial charge in [0.1, 0.15) is 6.10 Å². The predicted molar refractivity (Wildman–Crippen MR) is 38.4 cm³/mol. The van der Waals surface area contributed by atoms with Crippen molar-refractivity contribution in [3.8, 4) is 11.8 Å². The van der Waals surface area contributed by atoms with E-state index in [1.165, 1.54) is 0 Å². The van der Waals surface area contributed by atoms with E-state index in [-0.39, 0.29) is 12.0 Å². The fraction of sp³-hybridized carbons (Fsp3) is 0.750. The minimum Gasteiger partial charge on any atom is -0.389 e. The lowest BCUT2D eigenvalue weighted by Crippen LogP contribution is -2.23. The first-order chi connectivity index (χ1) is 4.75. The van der Waals surface area contributed by atoms with E-state index < -0.39 is 6.10 Å². The van der Waals surface area contributed by atoms with Crippen LogP contribution in [0.15, 0.2) is 0 Å². The van der Waals surface area contributed by atoms with Crippen LogP contribution in [0.25, 0.3) is 0 Å². The van der Waals surface area contributed by atoms with Crippen LogP contribution in [-0.2, 0) is 4.74 Å². The van der Waals surface area contributed by atoms with Gasteiger partial charge >= 0.3 is 0 Å². The molecule has 1 fully saturated rings. The Labute approximate surface area is 61.2 Å². The maximum Gasteiger partial charge on any atom is 0.144 e. The molecule has 0 saturated carbocycles. The van der Waals surface area contributed by atoms with Gasteiger partial charge in [0.2, 0.25) is 0 Å². The summed E-state index contributed by atoms with van der Waals surface area (Å²) in [5.74, 6) is 5.76. The van der Waals surface area contributed by atoms with Gasteiger partial charge in [-0.05, 0) is 6.92 Å². The van der Waals surface area contributed by atoms with Gasteiger partial charge in [-0.25, -0.2) is 0 Å². The lowest BCUT2D eigenvalue weighted by atomic mass is 10.1. The van der Waals surface area contributed by atoms with Crippen molar-refractivity contribution >= 4 is 0 Å². The summed E-state index contributed by atoms with van der Waals surface area (Å²) in [6, 6.07) is 0. The summed E-state index contributed by atoms with van der Waals surface area (Å²) >= 11 is 0. The van der Waals surface area contributed by atoms with Gasteiger partial charge in [-0.1, -0.05) is 12.8 Å². The van der Waals surface area contributed by atoms with Crippen LogP contribution in [0.5, 0.6) is 0 Å². The molecule has 56 valence electrons. The molecule has 1 saturated heterocycles. The number of aliphatic hydroxyl groups is 1. The van der Waals surface area contributed by atoms with E-state index in [4.69, 9.17) is 4.74 Å². The van der Waals surface area contributed by atoms with Crippen molar-refractivity contribution in [1.29, 1.82) is 0 Å². The quantitative estimate of drug-likeness (QED) is 0.494. The molecule has 3 atom stereocenters. The second-order valence-corrected chi connectivity index (χ2v) is 2.62. The molecule has 1 aliphatic rings. The lowest BCUT2D eigenvalue weighted by Gasteiger charge is -2.07. The first-order valence-corrected chi connectivity index (χ1v) is 3.47. The highest BCUT2D eigenvalue weighted by Crippen LogP contribution is 2.18. The van der Waals surface area contributed by atoms with E-state index in [0.717, 1.165) is 0 Å². The highest BCUT2D eigenvalue weighted by molar-refractivity contribution is 5.08. The van der Waals surface area contributed by atoms with Crippen molar-refractivity contribution in [1.82, 2.24) is 0 Å². The van der Waals surface area contributed by atoms with Gasteiger partial charge in [0.15, 0.2) is 0 Å². The molecule has 0 bridgehead atoms. The van der Waals surface area contributed by atoms with E-state index in [1.807, 2.05) is 6.92 Å². The van der Waals surface area contributed by atoms with Gasteiger partial charge in [0.05, 0.1) is 12.7 Å². The molecule has 1 N–H and O–H groups in total. The summed E-state index contributed by atoms with van der Waals surface area (Å²) in [6.07, 6.45) is -0.646. The minimum absolute atomic E-state index is 0.228. The fourth-order valence-electron chi connectivity index (χ4n) is 1.02. The summed E-state index contributed by atoms with van der Waals surface area (Å²) < 4.78 is 5.19. The zero-order chi connectivity index (χ0) is 7.56. The van der Waals surface area contributed by atoms with Crippen molar-refractivity contribution in [2.75, 3.05) is 6.61 Å². The molecule has 1 rings (SSSR count). The Morgan fingerprint density at radius 1 is 1.60 bits per heavy atom. The van der Waals surface area contributed by atoms with Crippen LogP contribution in [-0.4, -0.2) is 23.9 Å². The average Bonchev–Trinajstić information content (AvgIpc) is 2.20. The van der Waals surface area contributed by atoms with E-state index in [2.05, 4.69) is 11.8 Å². The Balaban J connectivity index is 2.54. The first kappa shape index (κ1) is 7.59. The monoisotopic (exact) mass is 140 g/mol. The molecule has 0 aliphatic carbocycles. The Hall–Kier alpha value is -0.520. The van der Waals surface area contributed by atoms with Crippen molar-refractivity contribution in [2.24, 2.45) is 5.92 Å². The van der Waals surface area contributed by atoms with Crippen LogP contribution in [0.1, 0.15) is 13.8 Å². The zero-order valence-electron chi connectivity index (χ0n) is 6.29. The highest BCUT2D eigenvalue weighted by Gasteiger charge is 2.31. The van der Waals surface area contributed by atoms with Crippen molar-refractivity contribution in [3.63, 3.8) is 0 Å². The predicted octanol–water partition coefficient (Wildman–Crippen LogP) is 0.406. The first-order valence-electron chi connectivity index (χ1n) is 3.47. The van der Waals surface area contributed by atoms with Crippen LogP contribution in [0, 0.1) is 17.8 Å². The molecule has 2 nitrogen and oxygen atoms in total. The topological polar surface area (TPSA) is 29.5 Å². The number of aliphatic hydroxyl groups excluding tert-OH is 1. The SMILES string of the molecule is CC#CC1OCC(C)C1O. The fourth-order valence-corrected chi connectivity index (χ4v) is 1.02. The smallest absolute Gasteiger partial charge is 0.144 e. The van der Waals surface area contributed by atoms with Crippen molar-refractivity contribution in [2.45, 2.75) is 26.1 Å². The van der Waals surface area contributed by atoms with Gasteiger partial charge in [0.25, 0.3) is 0 Å². The van der Waals surface area contributed by atoms with Crippen molar-refractivity contribution < 1.29 is 9.84 Å². The molecular formula is C8H12O2. The second kappa shape index (κ2) is 3.05. The molecule has 0 amide bonds. The maximum atomic E-state index is 9.36. The summed E-state index contributed by atoms with van der Waals surface area (Å²) in [6.45, 7) is 4.33. The zero-order valence-corrected chi connectivity index (χ0v) is 6.29. The van der Waals surface area contributed by atoms with Crippen molar-refractivity contribution in [3.05, 3.63) is 0 Å². The van der Waals surface area contributed by atoms with Crippen LogP contribution in [0.4, 0.5) is 0 Å². The van der Waals surface area contributed by atoms with Crippen LogP contribution in [0.3, 0.4) is 0 Å². The van der Waals surface area contributed by atoms with Crippen LogP contribution < -0.4 is 0 Å². The minimum atomic E-state index is -0.396. The summed E-state index contributed by atoms with van der Waals surface area (Å²) in [4.78, 5) is 0. The van der Waals surface area contributed by atoms with Gasteiger partial charge < -0.3 is 9.84 Å². The van der Waals surface area contributed by atoms with E-state index in [9.17, 15) is 5.11 Å². The normalized spacial score (nSPS) is 38.9. The largest absolute Gasteiger partial charge is 0.389 e. The third-order valence-corrected chi connectivity index (χ3v) is 1.72. The Kier molecular flexibility index (Phi) is 2.31. The number of rotatable bonds is 0. The molecular weight excluding hydrogens is 128 g/mol. The van der Waals surface area contributed by atoms with E-state index in [1.54, 1.807) is 6.92 Å². The number of hydrogen-bond donors (Lipinski definition) is 1. The van der Waals surface area contributed by atoms with Gasteiger partial charge in [-0.15, -0.1) is 5.92 Å². The van der Waals surface area contributed by atoms with Gasteiger partial charge in [-0.2, -0.15) is 0 Å². The van der Waals surface area contributed by atoms with Crippen LogP contribution in [0.2, 0.25) is 0 Å². The molecule has 0 spiro atoms. The lowest BCUT2D eigenvalue weighted by molar-refractivity contribution is 0.0772. The number of ether oxygens (including phenoxy) is 1. The summed E-state index contributed by atoms with van der Waals surface area (Å²) in [5.41, 5.74) is 0. The van der Waals surface area contributed by atoms with Gasteiger partial charge in [-0.3, -0.25) is 0 Å². The standard InChI is InChI=1S/C8H12O2/c1-3-4-7-8(9)6(2)5-10-7/h6-9H,5H2,1-2H3. The summed E-state index contributed by atoms with van der Waals surface area (Å²) in [5, 5.41) is 9.36. The van der Waals surface area contributed by atoms with E-state index in [0.29, 0.717) is 6.61 Å². The molecule has 0 aromatic heterocycles. The molecule has 10 heavy (non-hydrogen) atoms. The number of hydrogen-bond acceptors (Lipinski definition) is 2. The Morgan fingerprint density at radius 3 is 2.70 bits per heavy atom. The van der Waals surface area contributed by atoms with Gasteiger partial charge in [0, 0.05) is 5.92 Å². The van der Waals surface area contributed by atoms with Crippen LogP contribution >= 0.6 is 0 Å². The molecule has 0 radical (unpaired) electrons. The molecule has 0 aromatic carbocycles. The molecule has 3 unspecified atom stereocenters. The molecule has 2 heteroatoms. The third kappa shape index (κ3) is 1.31. The molecule has 1 aliphatic heterocycles. The molecule has 0 aromatic rings. The Morgan fingerprint density at radius 2 is 2.30 bits per heavy atom.